The van der Waals surface area contributed by atoms with Crippen molar-refractivity contribution in [3.63, 3.8) is 0 Å². The van der Waals surface area contributed by atoms with Crippen molar-refractivity contribution in [3.05, 3.63) is 0 Å². The summed E-state index contributed by atoms with van der Waals surface area (Å²) in [5.74, 6) is 0. The summed E-state index contributed by atoms with van der Waals surface area (Å²) in [4.78, 5) is 0. The smallest absolute Gasteiger partial charge is 0.270 e. The van der Waals surface area contributed by atoms with Gasteiger partial charge in [-0.05, 0) is 25.7 Å². The van der Waals surface area contributed by atoms with Crippen LogP contribution in [0.25, 0.3) is 0 Å². The van der Waals surface area contributed by atoms with E-state index in [1.165, 1.54) is 12.8 Å². The molecule has 2 aliphatic carbocycles. The summed E-state index contributed by atoms with van der Waals surface area (Å²) >= 11 is 0. The minimum Gasteiger partial charge on any atom is -0.270 e. The van der Waals surface area contributed by atoms with Crippen LogP contribution in [0.1, 0.15) is 64.2 Å². The van der Waals surface area contributed by atoms with Gasteiger partial charge in [0.15, 0.2) is 0 Å². The molecule has 0 atom stereocenters. The first-order valence-corrected chi connectivity index (χ1v) is 8.50. The molecule has 0 heterocycles. The molecule has 3 heteroatoms. The van der Waals surface area contributed by atoms with Gasteiger partial charge in [-0.3, -0.25) is 8.22 Å². The molecule has 0 amide bonds. The van der Waals surface area contributed by atoms with E-state index >= 15 is 0 Å². The molecule has 0 N–H and O–H groups in total. The zero-order valence-corrected chi connectivity index (χ0v) is 10.5. The van der Waals surface area contributed by atoms with Gasteiger partial charge in [0.1, 0.15) is 0 Å². The lowest BCUT2D eigenvalue weighted by Crippen LogP contribution is -2.34. The second-order valence-electron chi connectivity index (χ2n) is 5.34. The molecule has 0 aromatic carbocycles. The van der Waals surface area contributed by atoms with Crippen LogP contribution < -0.4 is 0 Å². The van der Waals surface area contributed by atoms with Crippen LogP contribution in [0.2, 0.25) is 11.1 Å². The zero-order valence-electron chi connectivity index (χ0n) is 9.48. The molecule has 0 unspecified atom stereocenters. The van der Waals surface area contributed by atoms with Gasteiger partial charge in [-0.15, -0.1) is 0 Å². The molecule has 0 aromatic rings. The van der Waals surface area contributed by atoms with Gasteiger partial charge in [0.2, 0.25) is 0 Å². The lowest BCUT2D eigenvalue weighted by molar-refractivity contribution is 0.472. The summed E-state index contributed by atoms with van der Waals surface area (Å²) in [6, 6.07) is 0. The summed E-state index contributed by atoms with van der Waals surface area (Å²) in [5.41, 5.74) is -0.316. The van der Waals surface area contributed by atoms with E-state index < -0.39 is 8.74 Å². The summed E-state index contributed by atoms with van der Waals surface area (Å²) in [7, 11) is -3.90. The highest BCUT2D eigenvalue weighted by Gasteiger charge is 2.51. The third kappa shape index (κ3) is 2.60. The van der Waals surface area contributed by atoms with Crippen LogP contribution in [-0.2, 0) is 0 Å². The van der Waals surface area contributed by atoms with Gasteiger partial charge in [0, 0.05) is 11.1 Å². The number of rotatable bonds is 2. The van der Waals surface area contributed by atoms with Crippen LogP contribution in [0.15, 0.2) is 0 Å². The monoisotopic (exact) mass is 232 g/mol. The SMILES string of the molecule is F[Si](F)(C1CCCCCC1)C1CCCC1. The van der Waals surface area contributed by atoms with E-state index in [9.17, 15) is 8.22 Å². The van der Waals surface area contributed by atoms with E-state index in [4.69, 9.17) is 0 Å². The molecule has 0 bridgehead atoms. The summed E-state index contributed by atoms with van der Waals surface area (Å²) in [5, 5.41) is 0. The fraction of sp³-hybridized carbons (Fsp3) is 1.00. The maximum atomic E-state index is 14.3. The fourth-order valence-corrected chi connectivity index (χ4v) is 6.33. The molecule has 0 saturated heterocycles. The van der Waals surface area contributed by atoms with Crippen molar-refractivity contribution in [2.75, 3.05) is 0 Å². The molecule has 0 aliphatic heterocycles. The Morgan fingerprint density at radius 2 is 0.933 bits per heavy atom. The Morgan fingerprint density at radius 3 is 1.33 bits per heavy atom. The lowest BCUT2D eigenvalue weighted by Gasteiger charge is -2.27. The molecular weight excluding hydrogens is 210 g/mol. The van der Waals surface area contributed by atoms with Crippen molar-refractivity contribution in [2.45, 2.75) is 75.3 Å². The van der Waals surface area contributed by atoms with Gasteiger partial charge in [-0.25, -0.2) is 0 Å². The molecule has 2 saturated carbocycles. The maximum Gasteiger partial charge on any atom is 0.430 e. The highest BCUT2D eigenvalue weighted by atomic mass is 28.4. The zero-order chi connectivity index (χ0) is 10.7. The molecule has 88 valence electrons. The minimum atomic E-state index is -3.90. The summed E-state index contributed by atoms with van der Waals surface area (Å²) < 4.78 is 28.7. The first kappa shape index (κ1) is 11.6. The van der Waals surface area contributed by atoms with Crippen molar-refractivity contribution >= 4 is 8.74 Å². The van der Waals surface area contributed by atoms with Crippen molar-refractivity contribution < 1.29 is 8.22 Å². The number of halogens is 2. The molecule has 2 aliphatic rings. The lowest BCUT2D eigenvalue weighted by atomic mass is 10.2. The molecular formula is C12H22F2Si. The third-order valence-electron chi connectivity index (χ3n) is 4.30. The standard InChI is InChI=1S/C12H22F2Si/c13-15(14,12-9-5-6-10-12)11-7-3-1-2-4-8-11/h11-12H,1-10H2. The van der Waals surface area contributed by atoms with Crippen molar-refractivity contribution in [1.29, 1.82) is 0 Å². The average molecular weight is 232 g/mol. The van der Waals surface area contributed by atoms with Gasteiger partial charge in [-0.2, -0.15) is 0 Å². The quantitative estimate of drug-likeness (QED) is 0.355. The molecule has 2 rings (SSSR count). The van der Waals surface area contributed by atoms with Crippen LogP contribution in [0.5, 0.6) is 0 Å². The van der Waals surface area contributed by atoms with E-state index in [2.05, 4.69) is 0 Å². The number of hydrogen-bond acceptors (Lipinski definition) is 0. The Bertz CT molecular complexity index is 192. The normalized spacial score (nSPS) is 26.8. The van der Waals surface area contributed by atoms with Crippen LogP contribution in [-0.4, -0.2) is 8.74 Å². The third-order valence-corrected chi connectivity index (χ3v) is 7.63. The van der Waals surface area contributed by atoms with Crippen LogP contribution >= 0.6 is 0 Å². The van der Waals surface area contributed by atoms with Gasteiger partial charge in [0.25, 0.3) is 0 Å². The second-order valence-corrected chi connectivity index (χ2v) is 8.33. The molecule has 0 radical (unpaired) electrons. The van der Waals surface area contributed by atoms with Gasteiger partial charge >= 0.3 is 8.74 Å². The van der Waals surface area contributed by atoms with Gasteiger partial charge in [-0.1, -0.05) is 38.5 Å². The van der Waals surface area contributed by atoms with Crippen LogP contribution in [0.4, 0.5) is 8.22 Å². The van der Waals surface area contributed by atoms with E-state index in [0.717, 1.165) is 51.4 Å². The van der Waals surface area contributed by atoms with E-state index in [1.807, 2.05) is 0 Å². The summed E-state index contributed by atoms with van der Waals surface area (Å²) in [6.07, 6.45) is 9.91. The topological polar surface area (TPSA) is 0 Å². The molecule has 15 heavy (non-hydrogen) atoms. The maximum absolute atomic E-state index is 14.3. The van der Waals surface area contributed by atoms with Gasteiger partial charge in [0.05, 0.1) is 0 Å². The van der Waals surface area contributed by atoms with Crippen molar-refractivity contribution in [1.82, 2.24) is 0 Å². The van der Waals surface area contributed by atoms with Crippen LogP contribution in [0.3, 0.4) is 0 Å². The van der Waals surface area contributed by atoms with E-state index in [-0.39, 0.29) is 11.1 Å². The highest BCUT2D eigenvalue weighted by molar-refractivity contribution is 6.69. The average Bonchev–Trinajstić information content (AvgIpc) is 2.61. The first-order chi connectivity index (χ1) is 7.21. The number of hydrogen-bond donors (Lipinski definition) is 0. The predicted molar refractivity (Wildman–Crippen MR) is 61.6 cm³/mol. The minimum absolute atomic E-state index is 0.152. The fourth-order valence-electron chi connectivity index (χ4n) is 3.31. The first-order valence-electron chi connectivity index (χ1n) is 6.59. The predicted octanol–water partition coefficient (Wildman–Crippen LogP) is 5.04. The van der Waals surface area contributed by atoms with Gasteiger partial charge < -0.3 is 0 Å². The Balaban J connectivity index is 1.98. The highest BCUT2D eigenvalue weighted by Crippen LogP contribution is 2.49. The van der Waals surface area contributed by atoms with Crippen LogP contribution in [0, 0.1) is 0 Å². The van der Waals surface area contributed by atoms with E-state index in [0.29, 0.717) is 0 Å². The Morgan fingerprint density at radius 1 is 0.600 bits per heavy atom. The molecule has 0 aromatic heterocycles. The Kier molecular flexibility index (Phi) is 3.81. The largest absolute Gasteiger partial charge is 0.430 e. The molecule has 0 spiro atoms. The summed E-state index contributed by atoms with van der Waals surface area (Å²) in [6.45, 7) is 0. The van der Waals surface area contributed by atoms with E-state index in [1.54, 1.807) is 0 Å². The van der Waals surface area contributed by atoms with Crippen molar-refractivity contribution in [2.24, 2.45) is 0 Å². The Labute approximate surface area is 92.8 Å². The second kappa shape index (κ2) is 4.94. The Hall–Kier alpha value is 0.0769. The van der Waals surface area contributed by atoms with Crippen molar-refractivity contribution in [3.8, 4) is 0 Å². The molecule has 0 nitrogen and oxygen atoms in total. The molecule has 2 fully saturated rings.